The SMILES string of the molecule is c1nc(N2CCCC2)c2cc(N3CCN(CC4CCCOC4)CC3)ccc2n1. The number of nitrogens with zero attached hydrogens (tertiary/aromatic N) is 5. The molecule has 1 aromatic carbocycles. The Bertz CT molecular complexity index is 793. The van der Waals surface area contributed by atoms with E-state index in [-0.39, 0.29) is 0 Å². The molecule has 5 rings (SSSR count). The van der Waals surface area contributed by atoms with E-state index in [1.54, 1.807) is 6.33 Å². The van der Waals surface area contributed by atoms with Crippen molar-refractivity contribution < 1.29 is 4.74 Å². The molecule has 3 saturated heterocycles. The summed E-state index contributed by atoms with van der Waals surface area (Å²) >= 11 is 0. The van der Waals surface area contributed by atoms with E-state index in [0.717, 1.165) is 69.7 Å². The smallest absolute Gasteiger partial charge is 0.139 e. The van der Waals surface area contributed by atoms with E-state index in [1.165, 1.54) is 43.3 Å². The zero-order valence-corrected chi connectivity index (χ0v) is 16.7. The summed E-state index contributed by atoms with van der Waals surface area (Å²) in [6.07, 6.45) is 6.79. The van der Waals surface area contributed by atoms with Crippen LogP contribution in [0.15, 0.2) is 24.5 Å². The van der Waals surface area contributed by atoms with E-state index < -0.39 is 0 Å². The lowest BCUT2D eigenvalue weighted by molar-refractivity contribution is 0.0377. The Hall–Kier alpha value is -1.92. The van der Waals surface area contributed by atoms with Crippen molar-refractivity contribution in [2.45, 2.75) is 25.7 Å². The van der Waals surface area contributed by atoms with E-state index in [2.05, 4.69) is 42.9 Å². The third kappa shape index (κ3) is 3.80. The number of hydrogen-bond acceptors (Lipinski definition) is 6. The van der Waals surface area contributed by atoms with E-state index in [4.69, 9.17) is 4.74 Å². The number of anilines is 2. The monoisotopic (exact) mass is 381 g/mol. The number of ether oxygens (including phenoxy) is 1. The number of benzene rings is 1. The van der Waals surface area contributed by atoms with Crippen LogP contribution in [0.4, 0.5) is 11.5 Å². The summed E-state index contributed by atoms with van der Waals surface area (Å²) in [7, 11) is 0. The van der Waals surface area contributed by atoms with Gasteiger partial charge in [0.25, 0.3) is 0 Å². The molecule has 6 heteroatoms. The third-order valence-corrected chi connectivity index (χ3v) is 6.51. The van der Waals surface area contributed by atoms with Gasteiger partial charge < -0.3 is 14.5 Å². The van der Waals surface area contributed by atoms with Gasteiger partial charge in [0, 0.05) is 63.5 Å². The second kappa shape index (κ2) is 8.21. The van der Waals surface area contributed by atoms with Gasteiger partial charge in [0.05, 0.1) is 12.1 Å². The molecule has 4 heterocycles. The van der Waals surface area contributed by atoms with Crippen molar-refractivity contribution in [2.75, 3.05) is 68.8 Å². The van der Waals surface area contributed by atoms with Gasteiger partial charge in [-0.05, 0) is 49.8 Å². The summed E-state index contributed by atoms with van der Waals surface area (Å²) in [5, 5.41) is 1.20. The van der Waals surface area contributed by atoms with E-state index >= 15 is 0 Å². The van der Waals surface area contributed by atoms with Crippen LogP contribution in [-0.2, 0) is 4.74 Å². The van der Waals surface area contributed by atoms with Crippen molar-refractivity contribution in [3.8, 4) is 0 Å². The van der Waals surface area contributed by atoms with Gasteiger partial charge in [-0.1, -0.05) is 0 Å². The van der Waals surface area contributed by atoms with E-state index in [0.29, 0.717) is 0 Å². The number of rotatable bonds is 4. The first kappa shape index (κ1) is 18.1. The minimum absolute atomic E-state index is 0.723. The maximum atomic E-state index is 5.66. The van der Waals surface area contributed by atoms with Gasteiger partial charge in [0.15, 0.2) is 0 Å². The molecular formula is C22H31N5O. The van der Waals surface area contributed by atoms with Gasteiger partial charge in [0.1, 0.15) is 12.1 Å². The molecule has 0 radical (unpaired) electrons. The number of aromatic nitrogens is 2. The summed E-state index contributed by atoms with van der Waals surface area (Å²) < 4.78 is 5.66. The minimum atomic E-state index is 0.723. The lowest BCUT2D eigenvalue weighted by atomic mass is 10.0. The first-order valence-corrected chi connectivity index (χ1v) is 10.9. The molecular weight excluding hydrogens is 350 g/mol. The fraction of sp³-hybridized carbons (Fsp3) is 0.636. The van der Waals surface area contributed by atoms with Crippen LogP contribution in [0.2, 0.25) is 0 Å². The van der Waals surface area contributed by atoms with Gasteiger partial charge >= 0.3 is 0 Å². The number of fused-ring (bicyclic) bond motifs is 1. The summed E-state index contributed by atoms with van der Waals surface area (Å²) in [5.41, 5.74) is 2.36. The topological polar surface area (TPSA) is 44.7 Å². The molecule has 3 fully saturated rings. The molecule has 0 bridgehead atoms. The summed E-state index contributed by atoms with van der Waals surface area (Å²) in [6.45, 7) is 9.77. The van der Waals surface area contributed by atoms with Crippen LogP contribution in [0.5, 0.6) is 0 Å². The van der Waals surface area contributed by atoms with Crippen LogP contribution in [0.3, 0.4) is 0 Å². The van der Waals surface area contributed by atoms with Crippen LogP contribution in [0, 0.1) is 5.92 Å². The highest BCUT2D eigenvalue weighted by atomic mass is 16.5. The van der Waals surface area contributed by atoms with Crippen molar-refractivity contribution >= 4 is 22.4 Å². The van der Waals surface area contributed by atoms with Crippen molar-refractivity contribution in [3.63, 3.8) is 0 Å². The van der Waals surface area contributed by atoms with Crippen LogP contribution in [-0.4, -0.2) is 73.9 Å². The van der Waals surface area contributed by atoms with E-state index in [1.807, 2.05) is 0 Å². The van der Waals surface area contributed by atoms with Crippen molar-refractivity contribution in [1.29, 1.82) is 0 Å². The van der Waals surface area contributed by atoms with Crippen LogP contribution in [0.25, 0.3) is 10.9 Å². The van der Waals surface area contributed by atoms with Crippen molar-refractivity contribution in [2.24, 2.45) is 5.92 Å². The average Bonchev–Trinajstić information content (AvgIpc) is 3.29. The quantitative estimate of drug-likeness (QED) is 0.812. The maximum Gasteiger partial charge on any atom is 0.139 e. The lowest BCUT2D eigenvalue weighted by Gasteiger charge is -2.38. The first-order valence-electron chi connectivity index (χ1n) is 10.9. The summed E-state index contributed by atoms with van der Waals surface area (Å²) in [5.74, 6) is 1.83. The lowest BCUT2D eigenvalue weighted by Crippen LogP contribution is -2.48. The zero-order valence-electron chi connectivity index (χ0n) is 16.7. The highest BCUT2D eigenvalue weighted by molar-refractivity contribution is 5.92. The highest BCUT2D eigenvalue weighted by Gasteiger charge is 2.23. The zero-order chi connectivity index (χ0) is 18.8. The molecule has 6 nitrogen and oxygen atoms in total. The third-order valence-electron chi connectivity index (χ3n) is 6.51. The normalized spacial score (nSPS) is 24.2. The minimum Gasteiger partial charge on any atom is -0.381 e. The highest BCUT2D eigenvalue weighted by Crippen LogP contribution is 2.30. The fourth-order valence-corrected chi connectivity index (χ4v) is 4.91. The van der Waals surface area contributed by atoms with Crippen LogP contribution >= 0.6 is 0 Å². The number of hydrogen-bond donors (Lipinski definition) is 0. The van der Waals surface area contributed by atoms with Gasteiger partial charge in [-0.15, -0.1) is 0 Å². The first-order chi connectivity index (χ1) is 13.9. The Morgan fingerprint density at radius 3 is 2.57 bits per heavy atom. The average molecular weight is 382 g/mol. The molecule has 3 aliphatic rings. The maximum absolute atomic E-state index is 5.66. The van der Waals surface area contributed by atoms with Crippen molar-refractivity contribution in [1.82, 2.24) is 14.9 Å². The second-order valence-electron chi connectivity index (χ2n) is 8.46. The fourth-order valence-electron chi connectivity index (χ4n) is 4.91. The molecule has 28 heavy (non-hydrogen) atoms. The molecule has 1 unspecified atom stereocenters. The summed E-state index contributed by atoms with van der Waals surface area (Å²) in [4.78, 5) is 16.7. The Morgan fingerprint density at radius 2 is 1.79 bits per heavy atom. The number of piperazine rings is 1. The molecule has 0 saturated carbocycles. The Kier molecular flexibility index (Phi) is 5.32. The molecule has 150 valence electrons. The molecule has 0 spiro atoms. The van der Waals surface area contributed by atoms with Gasteiger partial charge in [-0.2, -0.15) is 0 Å². The Balaban J connectivity index is 1.28. The predicted molar refractivity (Wildman–Crippen MR) is 113 cm³/mol. The Labute approximate surface area is 167 Å². The van der Waals surface area contributed by atoms with Crippen LogP contribution < -0.4 is 9.80 Å². The second-order valence-corrected chi connectivity index (χ2v) is 8.46. The predicted octanol–water partition coefficient (Wildman–Crippen LogP) is 2.78. The van der Waals surface area contributed by atoms with Gasteiger partial charge in [-0.3, -0.25) is 4.90 Å². The largest absolute Gasteiger partial charge is 0.381 e. The molecule has 0 aliphatic carbocycles. The molecule has 0 amide bonds. The summed E-state index contributed by atoms with van der Waals surface area (Å²) in [6, 6.07) is 6.71. The van der Waals surface area contributed by atoms with E-state index in [9.17, 15) is 0 Å². The van der Waals surface area contributed by atoms with Gasteiger partial charge in [0.2, 0.25) is 0 Å². The molecule has 3 aliphatic heterocycles. The van der Waals surface area contributed by atoms with Gasteiger partial charge in [-0.25, -0.2) is 9.97 Å². The van der Waals surface area contributed by atoms with Crippen molar-refractivity contribution in [3.05, 3.63) is 24.5 Å². The molecule has 1 atom stereocenters. The molecule has 1 aromatic heterocycles. The standard InChI is InChI=1S/C22H31N5O/c1-2-8-27(7-1)22-20-14-19(5-6-21(20)23-17-24-22)26-11-9-25(10-12-26)15-18-4-3-13-28-16-18/h5-6,14,17-18H,1-4,7-13,15-16H2. The van der Waals surface area contributed by atoms with Crippen LogP contribution in [0.1, 0.15) is 25.7 Å². The Morgan fingerprint density at radius 1 is 0.929 bits per heavy atom. The molecule has 0 N–H and O–H groups in total. The molecule has 2 aromatic rings.